The van der Waals surface area contributed by atoms with E-state index in [0.717, 1.165) is 25.9 Å². The number of benzene rings is 1. The van der Waals surface area contributed by atoms with Crippen molar-refractivity contribution in [2.24, 2.45) is 0 Å². The van der Waals surface area contributed by atoms with Crippen molar-refractivity contribution in [1.82, 2.24) is 4.90 Å². The number of piperidine rings is 1. The summed E-state index contributed by atoms with van der Waals surface area (Å²) in [5, 5.41) is 0. The summed E-state index contributed by atoms with van der Waals surface area (Å²) < 4.78 is 0. The molecule has 1 fully saturated rings. The highest BCUT2D eigenvalue weighted by Gasteiger charge is 2.36. The van der Waals surface area contributed by atoms with E-state index >= 15 is 0 Å². The summed E-state index contributed by atoms with van der Waals surface area (Å²) in [4.78, 5) is 14.3. The molecule has 1 aromatic carbocycles. The van der Waals surface area contributed by atoms with Crippen molar-refractivity contribution in [2.75, 3.05) is 6.54 Å². The molecule has 0 bridgehead atoms. The Morgan fingerprint density at radius 3 is 2.71 bits per heavy atom. The summed E-state index contributed by atoms with van der Waals surface area (Å²) in [7, 11) is 0. The molecule has 0 aliphatic carbocycles. The van der Waals surface area contributed by atoms with Gasteiger partial charge in [-0.1, -0.05) is 24.3 Å². The second kappa shape index (κ2) is 4.61. The maximum Gasteiger partial charge on any atom is 0.152 e. The van der Waals surface area contributed by atoms with Gasteiger partial charge in [-0.2, -0.15) is 0 Å². The van der Waals surface area contributed by atoms with Gasteiger partial charge >= 0.3 is 0 Å². The molecule has 2 heteroatoms. The van der Waals surface area contributed by atoms with Crippen LogP contribution in [0.4, 0.5) is 0 Å². The Morgan fingerprint density at radius 1 is 1.29 bits per heavy atom. The lowest BCUT2D eigenvalue weighted by atomic mass is 9.88. The minimum absolute atomic E-state index is 0.305. The summed E-state index contributed by atoms with van der Waals surface area (Å²) in [5.41, 5.74) is 2.33. The van der Waals surface area contributed by atoms with Crippen molar-refractivity contribution < 1.29 is 4.79 Å². The quantitative estimate of drug-likeness (QED) is 0.780. The molecule has 1 aromatic rings. The monoisotopic (exact) mass is 231 g/mol. The molecule has 0 atom stereocenters. The molecule has 92 valence electrons. The van der Waals surface area contributed by atoms with Crippen LogP contribution in [0, 0.1) is 6.92 Å². The van der Waals surface area contributed by atoms with Crippen LogP contribution in [0.3, 0.4) is 0 Å². The molecule has 1 heterocycles. The van der Waals surface area contributed by atoms with E-state index in [2.05, 4.69) is 36.1 Å². The van der Waals surface area contributed by atoms with Crippen LogP contribution in [-0.4, -0.2) is 22.8 Å². The fourth-order valence-corrected chi connectivity index (χ4v) is 2.46. The molecule has 1 aliphatic rings. The summed E-state index contributed by atoms with van der Waals surface area (Å²) in [5.74, 6) is 0.373. The first-order valence-corrected chi connectivity index (χ1v) is 6.34. The van der Waals surface area contributed by atoms with Gasteiger partial charge in [0.1, 0.15) is 0 Å². The first-order chi connectivity index (χ1) is 8.01. The van der Waals surface area contributed by atoms with Gasteiger partial charge in [0.05, 0.1) is 5.54 Å². The number of rotatable bonds is 2. The van der Waals surface area contributed by atoms with Gasteiger partial charge in [-0.25, -0.2) is 0 Å². The van der Waals surface area contributed by atoms with E-state index in [9.17, 15) is 4.79 Å². The van der Waals surface area contributed by atoms with Gasteiger partial charge in [0.25, 0.3) is 0 Å². The summed E-state index contributed by atoms with van der Waals surface area (Å²) >= 11 is 0. The normalized spacial score (nSPS) is 20.5. The lowest BCUT2D eigenvalue weighted by molar-refractivity contribution is -0.133. The number of likely N-dealkylation sites (tertiary alicyclic amines) is 1. The zero-order valence-electron chi connectivity index (χ0n) is 11.0. The van der Waals surface area contributed by atoms with Gasteiger partial charge in [-0.15, -0.1) is 0 Å². The Morgan fingerprint density at radius 2 is 2.00 bits per heavy atom. The number of ketones is 1. The van der Waals surface area contributed by atoms with Gasteiger partial charge < -0.3 is 0 Å². The first kappa shape index (κ1) is 12.3. The lowest BCUT2D eigenvalue weighted by Crippen LogP contribution is -2.53. The zero-order valence-corrected chi connectivity index (χ0v) is 11.0. The molecule has 0 aromatic heterocycles. The number of nitrogens with zero attached hydrogens (tertiary/aromatic N) is 1. The van der Waals surface area contributed by atoms with Crippen LogP contribution in [0.1, 0.15) is 37.8 Å². The SMILES string of the molecule is Cc1ccccc1CN1CCCC(=O)C1(C)C. The number of hydrogen-bond donors (Lipinski definition) is 0. The first-order valence-electron chi connectivity index (χ1n) is 6.34. The van der Waals surface area contributed by atoms with E-state index in [4.69, 9.17) is 0 Å². The van der Waals surface area contributed by atoms with Crippen LogP contribution in [0.2, 0.25) is 0 Å². The maximum absolute atomic E-state index is 12.0. The Bertz CT molecular complexity index is 423. The largest absolute Gasteiger partial charge is 0.298 e. The van der Waals surface area contributed by atoms with Gasteiger partial charge in [0, 0.05) is 13.0 Å². The van der Waals surface area contributed by atoms with E-state index in [1.807, 2.05) is 13.8 Å². The smallest absolute Gasteiger partial charge is 0.152 e. The Labute approximate surface area is 104 Å². The third-order valence-corrected chi connectivity index (χ3v) is 3.93. The second-order valence-corrected chi connectivity index (χ2v) is 5.43. The highest BCUT2D eigenvalue weighted by Crippen LogP contribution is 2.26. The Balaban J connectivity index is 2.18. The van der Waals surface area contributed by atoms with Crippen LogP contribution in [0.25, 0.3) is 0 Å². The van der Waals surface area contributed by atoms with Crippen LogP contribution < -0.4 is 0 Å². The molecule has 2 rings (SSSR count). The molecule has 0 amide bonds. The molecule has 2 nitrogen and oxygen atoms in total. The van der Waals surface area contributed by atoms with E-state index < -0.39 is 0 Å². The number of carbonyl (C=O) groups excluding carboxylic acids is 1. The van der Waals surface area contributed by atoms with E-state index in [1.165, 1.54) is 11.1 Å². The average Bonchev–Trinajstić information content (AvgIpc) is 2.28. The van der Waals surface area contributed by atoms with Crippen molar-refractivity contribution >= 4 is 5.78 Å². The van der Waals surface area contributed by atoms with Crippen molar-refractivity contribution in [1.29, 1.82) is 0 Å². The van der Waals surface area contributed by atoms with Crippen LogP contribution >= 0.6 is 0 Å². The highest BCUT2D eigenvalue weighted by molar-refractivity contribution is 5.88. The number of hydrogen-bond acceptors (Lipinski definition) is 2. The molecule has 0 radical (unpaired) electrons. The molecule has 17 heavy (non-hydrogen) atoms. The van der Waals surface area contributed by atoms with Crippen molar-refractivity contribution in [3.63, 3.8) is 0 Å². The zero-order chi connectivity index (χ0) is 12.5. The molecule has 0 saturated carbocycles. The van der Waals surface area contributed by atoms with Gasteiger partial charge in [-0.05, 0) is 44.9 Å². The molecule has 0 N–H and O–H groups in total. The van der Waals surface area contributed by atoms with Gasteiger partial charge in [0.2, 0.25) is 0 Å². The number of aryl methyl sites for hydroxylation is 1. The standard InChI is InChI=1S/C15H21NO/c1-12-7-4-5-8-13(12)11-16-10-6-9-14(17)15(16,2)3/h4-5,7-8H,6,9-11H2,1-3H3. The van der Waals surface area contributed by atoms with Crippen molar-refractivity contribution in [3.05, 3.63) is 35.4 Å². The minimum Gasteiger partial charge on any atom is -0.298 e. The Hall–Kier alpha value is -1.15. The molecule has 1 aliphatic heterocycles. The van der Waals surface area contributed by atoms with E-state index in [1.54, 1.807) is 0 Å². The van der Waals surface area contributed by atoms with Gasteiger partial charge in [0.15, 0.2) is 5.78 Å². The van der Waals surface area contributed by atoms with Gasteiger partial charge in [-0.3, -0.25) is 9.69 Å². The Kier molecular flexibility index (Phi) is 3.34. The van der Waals surface area contributed by atoms with Crippen LogP contribution in [-0.2, 0) is 11.3 Å². The number of Topliss-reactive ketones (excluding diaryl/α,β-unsaturated/α-hetero) is 1. The molecule has 0 unspecified atom stereocenters. The summed E-state index contributed by atoms with van der Waals surface area (Å²) in [6.07, 6.45) is 1.73. The fraction of sp³-hybridized carbons (Fsp3) is 0.533. The van der Waals surface area contributed by atoms with E-state index in [-0.39, 0.29) is 5.54 Å². The van der Waals surface area contributed by atoms with Crippen molar-refractivity contribution in [3.8, 4) is 0 Å². The molecule has 1 saturated heterocycles. The summed E-state index contributed by atoms with van der Waals surface area (Å²) in [6.45, 7) is 8.13. The average molecular weight is 231 g/mol. The maximum atomic E-state index is 12.0. The predicted octanol–water partition coefficient (Wildman–Crippen LogP) is 2.94. The number of carbonyl (C=O) groups is 1. The molecular formula is C15H21NO. The predicted molar refractivity (Wildman–Crippen MR) is 69.9 cm³/mol. The van der Waals surface area contributed by atoms with E-state index in [0.29, 0.717) is 5.78 Å². The van der Waals surface area contributed by atoms with Crippen LogP contribution in [0.15, 0.2) is 24.3 Å². The highest BCUT2D eigenvalue weighted by atomic mass is 16.1. The molecular weight excluding hydrogens is 210 g/mol. The fourth-order valence-electron chi connectivity index (χ4n) is 2.46. The molecule has 0 spiro atoms. The van der Waals surface area contributed by atoms with Crippen LogP contribution in [0.5, 0.6) is 0 Å². The minimum atomic E-state index is -0.305. The lowest BCUT2D eigenvalue weighted by Gasteiger charge is -2.41. The topological polar surface area (TPSA) is 20.3 Å². The third-order valence-electron chi connectivity index (χ3n) is 3.93. The third kappa shape index (κ3) is 2.42. The summed E-state index contributed by atoms with van der Waals surface area (Å²) in [6, 6.07) is 8.42. The van der Waals surface area contributed by atoms with Crippen molar-refractivity contribution in [2.45, 2.75) is 45.7 Å². The second-order valence-electron chi connectivity index (χ2n) is 5.43.